The van der Waals surface area contributed by atoms with Gasteiger partial charge in [0, 0.05) is 30.3 Å². The number of amides is 3. The van der Waals surface area contributed by atoms with Gasteiger partial charge in [0.15, 0.2) is 0 Å². The molecule has 1 aromatic carbocycles. The summed E-state index contributed by atoms with van der Waals surface area (Å²) in [6, 6.07) is 5.31. The van der Waals surface area contributed by atoms with Crippen LogP contribution < -0.4 is 15.4 Å². The third-order valence-corrected chi connectivity index (χ3v) is 3.87. The van der Waals surface area contributed by atoms with Crippen LogP contribution in [0.1, 0.15) is 25.3 Å². The Balaban J connectivity index is 1.74. The third-order valence-electron chi connectivity index (χ3n) is 3.87. The Morgan fingerprint density at radius 1 is 1.36 bits per heavy atom. The van der Waals surface area contributed by atoms with Gasteiger partial charge >= 0.3 is 6.03 Å². The molecule has 0 radical (unpaired) electrons. The quantitative estimate of drug-likeness (QED) is 0.896. The van der Waals surface area contributed by atoms with Crippen LogP contribution >= 0.6 is 0 Å². The van der Waals surface area contributed by atoms with Crippen molar-refractivity contribution in [2.24, 2.45) is 5.92 Å². The molecule has 0 bridgehead atoms. The summed E-state index contributed by atoms with van der Waals surface area (Å²) < 4.78 is 5.71. The van der Waals surface area contributed by atoms with E-state index in [1.165, 1.54) is 0 Å². The summed E-state index contributed by atoms with van der Waals surface area (Å²) in [6.45, 7) is 4.10. The van der Waals surface area contributed by atoms with Crippen molar-refractivity contribution in [1.82, 2.24) is 10.2 Å². The maximum Gasteiger partial charge on any atom is 0.319 e. The van der Waals surface area contributed by atoms with Crippen LogP contribution in [0.3, 0.4) is 0 Å². The lowest BCUT2D eigenvalue weighted by Crippen LogP contribution is -2.33. The Morgan fingerprint density at radius 2 is 2.18 bits per heavy atom. The fraction of sp³-hybridized carbons (Fsp3) is 0.500. The SMILES string of the molecule is CCNC(=O)Nc1ccc2c(c1)CN(C(=O)C1CC1)CCO2. The molecule has 1 aromatic rings. The summed E-state index contributed by atoms with van der Waals surface area (Å²) in [5.74, 6) is 1.21. The summed E-state index contributed by atoms with van der Waals surface area (Å²) in [6.07, 6.45) is 2.00. The number of hydrogen-bond acceptors (Lipinski definition) is 3. The fourth-order valence-electron chi connectivity index (χ4n) is 2.58. The molecule has 0 unspecified atom stereocenters. The lowest BCUT2D eigenvalue weighted by Gasteiger charge is -2.19. The van der Waals surface area contributed by atoms with E-state index in [0.29, 0.717) is 31.9 Å². The van der Waals surface area contributed by atoms with Gasteiger partial charge in [-0.25, -0.2) is 4.79 Å². The number of hydrogen-bond donors (Lipinski definition) is 2. The minimum atomic E-state index is -0.233. The van der Waals surface area contributed by atoms with Gasteiger partial charge in [-0.1, -0.05) is 0 Å². The molecule has 2 aliphatic rings. The largest absolute Gasteiger partial charge is 0.491 e. The molecule has 3 rings (SSSR count). The highest BCUT2D eigenvalue weighted by atomic mass is 16.5. The molecule has 22 heavy (non-hydrogen) atoms. The Kier molecular flexibility index (Phi) is 4.18. The number of carbonyl (C=O) groups excluding carboxylic acids is 2. The zero-order valence-electron chi connectivity index (χ0n) is 12.7. The molecule has 3 amide bonds. The third kappa shape index (κ3) is 3.32. The average molecular weight is 303 g/mol. The monoisotopic (exact) mass is 303 g/mol. The van der Waals surface area contributed by atoms with Crippen molar-refractivity contribution in [3.8, 4) is 5.75 Å². The number of nitrogens with one attached hydrogen (secondary N) is 2. The molecule has 118 valence electrons. The van der Waals surface area contributed by atoms with Crippen molar-refractivity contribution in [2.45, 2.75) is 26.3 Å². The number of carbonyl (C=O) groups is 2. The molecule has 0 spiro atoms. The highest BCUT2D eigenvalue weighted by Gasteiger charge is 2.34. The Bertz CT molecular complexity index is 584. The molecule has 1 aliphatic heterocycles. The maximum atomic E-state index is 12.3. The van der Waals surface area contributed by atoms with Gasteiger partial charge in [-0.15, -0.1) is 0 Å². The summed E-state index contributed by atoms with van der Waals surface area (Å²) in [5.41, 5.74) is 1.63. The van der Waals surface area contributed by atoms with E-state index in [9.17, 15) is 9.59 Å². The highest BCUT2D eigenvalue weighted by Crippen LogP contribution is 2.33. The Hall–Kier alpha value is -2.24. The van der Waals surface area contributed by atoms with Gasteiger partial charge < -0.3 is 20.3 Å². The molecule has 2 N–H and O–H groups in total. The van der Waals surface area contributed by atoms with Crippen molar-refractivity contribution in [2.75, 3.05) is 25.0 Å². The number of anilines is 1. The van der Waals surface area contributed by atoms with Gasteiger partial charge in [-0.05, 0) is 38.0 Å². The molecule has 1 fully saturated rings. The van der Waals surface area contributed by atoms with Crippen molar-refractivity contribution in [3.05, 3.63) is 23.8 Å². The van der Waals surface area contributed by atoms with Crippen LogP contribution in [0.5, 0.6) is 5.75 Å². The van der Waals surface area contributed by atoms with Crippen LogP contribution in [-0.4, -0.2) is 36.5 Å². The highest BCUT2D eigenvalue weighted by molar-refractivity contribution is 5.89. The Morgan fingerprint density at radius 3 is 2.91 bits per heavy atom. The van der Waals surface area contributed by atoms with E-state index in [4.69, 9.17) is 4.74 Å². The second-order valence-electron chi connectivity index (χ2n) is 5.69. The first-order valence-corrected chi connectivity index (χ1v) is 7.76. The summed E-state index contributed by atoms with van der Waals surface area (Å²) in [5, 5.41) is 5.47. The van der Waals surface area contributed by atoms with Crippen molar-refractivity contribution in [1.29, 1.82) is 0 Å². The molecular weight excluding hydrogens is 282 g/mol. The first-order valence-electron chi connectivity index (χ1n) is 7.76. The van der Waals surface area contributed by atoms with Gasteiger partial charge in [-0.3, -0.25) is 4.79 Å². The minimum absolute atomic E-state index is 0.207. The van der Waals surface area contributed by atoms with Crippen LogP contribution in [0.15, 0.2) is 18.2 Å². The van der Waals surface area contributed by atoms with Gasteiger partial charge in [0.25, 0.3) is 0 Å². The van der Waals surface area contributed by atoms with Crippen LogP contribution in [0.4, 0.5) is 10.5 Å². The lowest BCUT2D eigenvalue weighted by atomic mass is 10.1. The topological polar surface area (TPSA) is 70.7 Å². The van der Waals surface area contributed by atoms with E-state index in [-0.39, 0.29) is 17.9 Å². The predicted octanol–water partition coefficient (Wildman–Crippen LogP) is 1.96. The Labute approximate surface area is 129 Å². The van der Waals surface area contributed by atoms with Gasteiger partial charge in [-0.2, -0.15) is 0 Å². The molecule has 6 nitrogen and oxygen atoms in total. The summed E-state index contributed by atoms with van der Waals surface area (Å²) in [4.78, 5) is 25.7. The molecule has 0 atom stereocenters. The first kappa shape index (κ1) is 14.7. The maximum absolute atomic E-state index is 12.3. The number of rotatable bonds is 3. The minimum Gasteiger partial charge on any atom is -0.491 e. The van der Waals surface area contributed by atoms with Crippen molar-refractivity contribution >= 4 is 17.6 Å². The second kappa shape index (κ2) is 6.25. The lowest BCUT2D eigenvalue weighted by molar-refractivity contribution is -0.133. The zero-order chi connectivity index (χ0) is 15.5. The molecule has 0 saturated heterocycles. The summed E-state index contributed by atoms with van der Waals surface area (Å²) in [7, 11) is 0. The number of fused-ring (bicyclic) bond motifs is 1. The molecule has 1 saturated carbocycles. The van der Waals surface area contributed by atoms with Gasteiger partial charge in [0.1, 0.15) is 12.4 Å². The van der Waals surface area contributed by atoms with Gasteiger partial charge in [0.2, 0.25) is 5.91 Å². The van der Waals surface area contributed by atoms with E-state index in [2.05, 4.69) is 10.6 Å². The van der Waals surface area contributed by atoms with E-state index >= 15 is 0 Å². The number of urea groups is 1. The number of nitrogens with zero attached hydrogens (tertiary/aromatic N) is 1. The standard InChI is InChI=1S/C16H21N3O3/c1-2-17-16(21)18-13-5-6-14-12(9-13)10-19(7-8-22-14)15(20)11-3-4-11/h5-6,9,11H,2-4,7-8,10H2,1H3,(H2,17,18,21). The van der Waals surface area contributed by atoms with Crippen LogP contribution in [0.2, 0.25) is 0 Å². The fourth-order valence-corrected chi connectivity index (χ4v) is 2.58. The van der Waals surface area contributed by atoms with Crippen LogP contribution in [0, 0.1) is 5.92 Å². The van der Waals surface area contributed by atoms with E-state index < -0.39 is 0 Å². The zero-order valence-corrected chi connectivity index (χ0v) is 12.7. The van der Waals surface area contributed by atoms with E-state index in [1.54, 1.807) is 0 Å². The smallest absolute Gasteiger partial charge is 0.319 e. The molecule has 1 heterocycles. The molecule has 1 aliphatic carbocycles. The number of ether oxygens (including phenoxy) is 1. The average Bonchev–Trinajstić information content (AvgIpc) is 3.33. The van der Waals surface area contributed by atoms with Crippen LogP contribution in [-0.2, 0) is 11.3 Å². The van der Waals surface area contributed by atoms with E-state index in [0.717, 1.165) is 24.2 Å². The first-order chi connectivity index (χ1) is 10.7. The predicted molar refractivity (Wildman–Crippen MR) is 82.8 cm³/mol. The second-order valence-corrected chi connectivity index (χ2v) is 5.69. The van der Waals surface area contributed by atoms with Gasteiger partial charge in [0.05, 0.1) is 6.54 Å². The molecular formula is C16H21N3O3. The molecule has 0 aromatic heterocycles. The summed E-state index contributed by atoms with van der Waals surface area (Å²) >= 11 is 0. The van der Waals surface area contributed by atoms with Crippen molar-refractivity contribution in [3.63, 3.8) is 0 Å². The van der Waals surface area contributed by atoms with Crippen molar-refractivity contribution < 1.29 is 14.3 Å². The van der Waals surface area contributed by atoms with E-state index in [1.807, 2.05) is 30.0 Å². The normalized spacial score (nSPS) is 17.0. The number of benzene rings is 1. The van der Waals surface area contributed by atoms with Crippen LogP contribution in [0.25, 0.3) is 0 Å². The molecule has 6 heteroatoms.